The quantitative estimate of drug-likeness (QED) is 0.798. The van der Waals surface area contributed by atoms with Crippen LogP contribution in [0.3, 0.4) is 0 Å². The third kappa shape index (κ3) is 2.59. The standard InChI is InChI=1S/C13H8N2O2S2/c16-12(17)8-5-6-14-11(7-8)19-13-15-9-3-1-2-4-10(9)18-13/h1-7H,(H,16,17). The summed E-state index contributed by atoms with van der Waals surface area (Å²) in [5, 5.41) is 9.58. The lowest BCUT2D eigenvalue weighted by Gasteiger charge is -1.98. The number of aromatic nitrogens is 2. The second-order valence-electron chi connectivity index (χ2n) is 3.74. The Bertz CT molecular complexity index is 722. The number of carboxylic acids is 1. The minimum absolute atomic E-state index is 0.235. The van der Waals surface area contributed by atoms with Crippen LogP contribution in [0.15, 0.2) is 52.0 Å². The van der Waals surface area contributed by atoms with Gasteiger partial charge in [0, 0.05) is 6.20 Å². The minimum atomic E-state index is -0.950. The van der Waals surface area contributed by atoms with Crippen LogP contribution >= 0.6 is 23.1 Å². The zero-order chi connectivity index (χ0) is 13.2. The van der Waals surface area contributed by atoms with Crippen molar-refractivity contribution >= 4 is 39.3 Å². The summed E-state index contributed by atoms with van der Waals surface area (Å²) in [4.78, 5) is 19.5. The van der Waals surface area contributed by atoms with Crippen molar-refractivity contribution < 1.29 is 9.90 Å². The third-order valence-corrected chi connectivity index (χ3v) is 4.48. The van der Waals surface area contributed by atoms with Crippen molar-refractivity contribution in [2.24, 2.45) is 0 Å². The lowest BCUT2D eigenvalue weighted by Crippen LogP contribution is -1.96. The van der Waals surface area contributed by atoms with Gasteiger partial charge in [-0.2, -0.15) is 0 Å². The van der Waals surface area contributed by atoms with Gasteiger partial charge in [0.15, 0.2) is 4.34 Å². The summed E-state index contributed by atoms with van der Waals surface area (Å²) in [5.74, 6) is -0.950. The Balaban J connectivity index is 1.92. The van der Waals surface area contributed by atoms with E-state index >= 15 is 0 Å². The molecule has 0 spiro atoms. The number of benzene rings is 1. The van der Waals surface area contributed by atoms with Gasteiger partial charge in [-0.3, -0.25) is 0 Å². The Morgan fingerprint density at radius 2 is 2.11 bits per heavy atom. The monoisotopic (exact) mass is 288 g/mol. The van der Waals surface area contributed by atoms with E-state index in [9.17, 15) is 4.79 Å². The normalized spacial score (nSPS) is 10.7. The van der Waals surface area contributed by atoms with Crippen molar-refractivity contribution in [3.8, 4) is 0 Å². The highest BCUT2D eigenvalue weighted by molar-refractivity contribution is 8.01. The second-order valence-corrected chi connectivity index (χ2v) is 6.04. The molecule has 1 aromatic carbocycles. The molecule has 19 heavy (non-hydrogen) atoms. The molecule has 3 aromatic rings. The fourth-order valence-corrected chi connectivity index (χ4v) is 3.59. The van der Waals surface area contributed by atoms with Crippen LogP contribution in [0.5, 0.6) is 0 Å². The van der Waals surface area contributed by atoms with E-state index in [1.54, 1.807) is 17.4 Å². The van der Waals surface area contributed by atoms with E-state index < -0.39 is 5.97 Å². The summed E-state index contributed by atoms with van der Waals surface area (Å²) >= 11 is 2.95. The Morgan fingerprint density at radius 1 is 1.26 bits per heavy atom. The predicted octanol–water partition coefficient (Wildman–Crippen LogP) is 3.54. The first-order valence-electron chi connectivity index (χ1n) is 5.45. The highest BCUT2D eigenvalue weighted by atomic mass is 32.2. The van der Waals surface area contributed by atoms with Crippen molar-refractivity contribution in [1.82, 2.24) is 9.97 Å². The molecule has 0 aliphatic heterocycles. The number of fused-ring (bicyclic) bond motifs is 1. The van der Waals surface area contributed by atoms with Crippen molar-refractivity contribution in [1.29, 1.82) is 0 Å². The third-order valence-electron chi connectivity index (χ3n) is 2.45. The smallest absolute Gasteiger partial charge is 0.335 e. The molecule has 0 saturated heterocycles. The molecule has 0 atom stereocenters. The van der Waals surface area contributed by atoms with E-state index in [-0.39, 0.29) is 5.56 Å². The lowest BCUT2D eigenvalue weighted by atomic mass is 10.3. The van der Waals surface area contributed by atoms with E-state index in [0.29, 0.717) is 5.03 Å². The van der Waals surface area contributed by atoms with Crippen molar-refractivity contribution in [2.45, 2.75) is 9.37 Å². The Hall–Kier alpha value is -1.92. The molecule has 0 aliphatic rings. The number of hydrogen-bond donors (Lipinski definition) is 1. The summed E-state index contributed by atoms with van der Waals surface area (Å²) in [6, 6.07) is 10.9. The number of pyridine rings is 1. The number of aromatic carboxylic acids is 1. The molecular weight excluding hydrogens is 280 g/mol. The Labute approximate surface area is 117 Å². The molecule has 0 aliphatic carbocycles. The molecule has 0 radical (unpaired) electrons. The van der Waals surface area contributed by atoms with Gasteiger partial charge < -0.3 is 5.11 Å². The van der Waals surface area contributed by atoms with Crippen LogP contribution in [0.1, 0.15) is 10.4 Å². The molecule has 4 nitrogen and oxygen atoms in total. The van der Waals surface area contributed by atoms with Gasteiger partial charge in [-0.15, -0.1) is 11.3 Å². The van der Waals surface area contributed by atoms with E-state index in [4.69, 9.17) is 5.11 Å². The maximum Gasteiger partial charge on any atom is 0.335 e. The van der Waals surface area contributed by atoms with Crippen LogP contribution in [0, 0.1) is 0 Å². The van der Waals surface area contributed by atoms with Crippen LogP contribution in [-0.2, 0) is 0 Å². The molecule has 0 bridgehead atoms. The summed E-state index contributed by atoms with van der Waals surface area (Å²) in [5.41, 5.74) is 1.18. The average Bonchev–Trinajstić information content (AvgIpc) is 2.81. The maximum absolute atomic E-state index is 10.9. The molecule has 1 N–H and O–H groups in total. The molecule has 0 unspecified atom stereocenters. The number of nitrogens with zero attached hydrogens (tertiary/aromatic N) is 2. The number of para-hydroxylation sites is 1. The van der Waals surface area contributed by atoms with Crippen LogP contribution in [0.2, 0.25) is 0 Å². The molecule has 3 rings (SSSR count). The molecule has 94 valence electrons. The topological polar surface area (TPSA) is 63.1 Å². The van der Waals surface area contributed by atoms with E-state index in [1.807, 2.05) is 24.3 Å². The Kier molecular flexibility index (Phi) is 3.18. The van der Waals surface area contributed by atoms with E-state index in [2.05, 4.69) is 9.97 Å². The van der Waals surface area contributed by atoms with E-state index in [0.717, 1.165) is 14.6 Å². The zero-order valence-corrected chi connectivity index (χ0v) is 11.2. The van der Waals surface area contributed by atoms with Crippen molar-refractivity contribution in [2.75, 3.05) is 0 Å². The number of thiazole rings is 1. The van der Waals surface area contributed by atoms with Gasteiger partial charge in [-0.05, 0) is 36.0 Å². The fourth-order valence-electron chi connectivity index (χ4n) is 1.58. The summed E-state index contributed by atoms with van der Waals surface area (Å²) < 4.78 is 1.97. The van der Waals surface area contributed by atoms with Gasteiger partial charge in [0.05, 0.1) is 15.8 Å². The first-order chi connectivity index (χ1) is 9.22. The van der Waals surface area contributed by atoms with Gasteiger partial charge >= 0.3 is 5.97 Å². The van der Waals surface area contributed by atoms with Crippen LogP contribution < -0.4 is 0 Å². The number of hydrogen-bond acceptors (Lipinski definition) is 5. The number of carbonyl (C=O) groups is 1. The highest BCUT2D eigenvalue weighted by Crippen LogP contribution is 2.33. The number of carboxylic acid groups (broad SMARTS) is 1. The molecule has 0 amide bonds. The summed E-state index contributed by atoms with van der Waals surface area (Å²) in [6.07, 6.45) is 1.50. The Morgan fingerprint density at radius 3 is 2.89 bits per heavy atom. The summed E-state index contributed by atoms with van der Waals surface area (Å²) in [6.45, 7) is 0. The second kappa shape index (κ2) is 4.99. The molecule has 2 heterocycles. The van der Waals surface area contributed by atoms with Gasteiger partial charge in [0.2, 0.25) is 0 Å². The van der Waals surface area contributed by atoms with Crippen LogP contribution in [0.25, 0.3) is 10.2 Å². The fraction of sp³-hybridized carbons (Fsp3) is 0. The average molecular weight is 288 g/mol. The molecule has 6 heteroatoms. The SMILES string of the molecule is O=C(O)c1ccnc(Sc2nc3ccccc3s2)c1. The van der Waals surface area contributed by atoms with Crippen LogP contribution in [0.4, 0.5) is 0 Å². The summed E-state index contributed by atoms with van der Waals surface area (Å²) in [7, 11) is 0. The lowest BCUT2D eigenvalue weighted by molar-refractivity contribution is 0.0696. The van der Waals surface area contributed by atoms with Gasteiger partial charge in [-0.25, -0.2) is 14.8 Å². The number of rotatable bonds is 3. The van der Waals surface area contributed by atoms with E-state index in [1.165, 1.54) is 24.0 Å². The zero-order valence-electron chi connectivity index (χ0n) is 9.61. The molecule has 0 saturated carbocycles. The van der Waals surface area contributed by atoms with Gasteiger partial charge in [0.1, 0.15) is 5.03 Å². The molecule has 2 aromatic heterocycles. The highest BCUT2D eigenvalue weighted by Gasteiger charge is 2.08. The molecule has 0 fully saturated rings. The van der Waals surface area contributed by atoms with Crippen LogP contribution in [-0.4, -0.2) is 21.0 Å². The van der Waals surface area contributed by atoms with Crippen molar-refractivity contribution in [3.05, 3.63) is 48.2 Å². The van der Waals surface area contributed by atoms with Crippen molar-refractivity contribution in [3.63, 3.8) is 0 Å². The first kappa shape index (κ1) is 12.1. The van der Waals surface area contributed by atoms with Gasteiger partial charge in [-0.1, -0.05) is 12.1 Å². The largest absolute Gasteiger partial charge is 0.478 e. The first-order valence-corrected chi connectivity index (χ1v) is 7.08. The molecular formula is C13H8N2O2S2. The predicted molar refractivity (Wildman–Crippen MR) is 74.9 cm³/mol. The minimum Gasteiger partial charge on any atom is -0.478 e. The maximum atomic E-state index is 10.9. The van der Waals surface area contributed by atoms with Gasteiger partial charge in [0.25, 0.3) is 0 Å².